The van der Waals surface area contributed by atoms with E-state index >= 15 is 0 Å². The molecule has 0 fully saturated rings. The molecule has 0 radical (unpaired) electrons. The van der Waals surface area contributed by atoms with Gasteiger partial charge in [0.2, 0.25) is 0 Å². The molecule has 3 rings (SSSR count). The summed E-state index contributed by atoms with van der Waals surface area (Å²) in [6.45, 7) is 1.01. The van der Waals surface area contributed by atoms with Gasteiger partial charge in [-0.1, -0.05) is 11.6 Å². The number of aromatic nitrogens is 1. The lowest BCUT2D eigenvalue weighted by molar-refractivity contribution is 0.110. The van der Waals surface area contributed by atoms with Crippen molar-refractivity contribution in [3.05, 3.63) is 34.2 Å². The van der Waals surface area contributed by atoms with Crippen molar-refractivity contribution >= 4 is 28.2 Å². The standard InChI is InChI=1S/C12H11ClFN3O/c13-8-2-1-6-11(17-15)7-5-18-4-3-9(7)16-12(6)10(8)14/h1-2H,3-5,15H2,(H,16,17). The molecule has 1 aliphatic heterocycles. The Morgan fingerprint density at radius 1 is 1.44 bits per heavy atom. The van der Waals surface area contributed by atoms with E-state index in [1.807, 2.05) is 0 Å². The molecule has 0 saturated carbocycles. The first-order valence-electron chi connectivity index (χ1n) is 5.56. The first-order valence-corrected chi connectivity index (χ1v) is 5.94. The van der Waals surface area contributed by atoms with Crippen molar-refractivity contribution in [2.24, 2.45) is 5.84 Å². The number of nitrogens with one attached hydrogen (secondary N) is 1. The smallest absolute Gasteiger partial charge is 0.168 e. The molecule has 0 aliphatic carbocycles. The maximum Gasteiger partial charge on any atom is 0.168 e. The van der Waals surface area contributed by atoms with Gasteiger partial charge in [0.15, 0.2) is 5.82 Å². The Morgan fingerprint density at radius 3 is 3.06 bits per heavy atom. The van der Waals surface area contributed by atoms with Crippen LogP contribution in [0.2, 0.25) is 5.02 Å². The van der Waals surface area contributed by atoms with Crippen LogP contribution in [-0.4, -0.2) is 11.6 Å². The Hall–Kier alpha value is -1.43. The predicted molar refractivity (Wildman–Crippen MR) is 67.9 cm³/mol. The molecule has 0 unspecified atom stereocenters. The molecule has 0 spiro atoms. The number of fused-ring (bicyclic) bond motifs is 2. The second-order valence-corrected chi connectivity index (χ2v) is 4.52. The Morgan fingerprint density at radius 2 is 2.28 bits per heavy atom. The third-order valence-electron chi connectivity index (χ3n) is 3.11. The summed E-state index contributed by atoms with van der Waals surface area (Å²) < 4.78 is 19.4. The molecule has 4 nitrogen and oxygen atoms in total. The van der Waals surface area contributed by atoms with Crippen LogP contribution in [0.5, 0.6) is 0 Å². The van der Waals surface area contributed by atoms with Gasteiger partial charge in [-0.25, -0.2) is 9.37 Å². The van der Waals surface area contributed by atoms with Crippen molar-refractivity contribution in [2.45, 2.75) is 13.0 Å². The minimum atomic E-state index is -0.514. The fraction of sp³-hybridized carbons (Fsp3) is 0.250. The van der Waals surface area contributed by atoms with E-state index in [9.17, 15) is 4.39 Å². The molecule has 18 heavy (non-hydrogen) atoms. The number of nitrogens with two attached hydrogens (primary N) is 1. The van der Waals surface area contributed by atoms with Crippen LogP contribution in [0.1, 0.15) is 11.3 Å². The molecular formula is C12H11ClFN3O. The molecule has 1 aliphatic rings. The van der Waals surface area contributed by atoms with Crippen LogP contribution in [0.15, 0.2) is 12.1 Å². The quantitative estimate of drug-likeness (QED) is 0.615. The van der Waals surface area contributed by atoms with E-state index in [-0.39, 0.29) is 10.5 Å². The summed E-state index contributed by atoms with van der Waals surface area (Å²) >= 11 is 5.78. The number of benzene rings is 1. The molecule has 1 aromatic carbocycles. The number of rotatable bonds is 1. The maximum atomic E-state index is 14.0. The summed E-state index contributed by atoms with van der Waals surface area (Å²) in [5.74, 6) is 5.03. The van der Waals surface area contributed by atoms with E-state index in [0.29, 0.717) is 30.7 Å². The van der Waals surface area contributed by atoms with Crippen molar-refractivity contribution in [1.29, 1.82) is 0 Å². The van der Waals surface area contributed by atoms with E-state index in [1.54, 1.807) is 6.07 Å². The number of hydrazine groups is 1. The summed E-state index contributed by atoms with van der Waals surface area (Å²) in [4.78, 5) is 4.35. The Balaban J connectivity index is 2.40. The highest BCUT2D eigenvalue weighted by Crippen LogP contribution is 2.33. The van der Waals surface area contributed by atoms with Gasteiger partial charge in [0.1, 0.15) is 5.52 Å². The Bertz CT molecular complexity index is 632. The second kappa shape index (κ2) is 4.35. The molecule has 6 heteroatoms. The number of nitrogens with zero attached hydrogens (tertiary/aromatic N) is 1. The van der Waals surface area contributed by atoms with Crippen LogP contribution in [0.25, 0.3) is 10.9 Å². The molecule has 0 saturated heterocycles. The van der Waals surface area contributed by atoms with Crippen LogP contribution >= 0.6 is 11.6 Å². The topological polar surface area (TPSA) is 60.2 Å². The largest absolute Gasteiger partial charge is 0.376 e. The fourth-order valence-electron chi connectivity index (χ4n) is 2.23. The number of ether oxygens (including phenoxy) is 1. The molecule has 2 heterocycles. The van der Waals surface area contributed by atoms with Gasteiger partial charge in [-0.15, -0.1) is 0 Å². The highest BCUT2D eigenvalue weighted by Gasteiger charge is 2.20. The summed E-state index contributed by atoms with van der Waals surface area (Å²) in [7, 11) is 0. The van der Waals surface area contributed by atoms with E-state index in [0.717, 1.165) is 11.3 Å². The van der Waals surface area contributed by atoms with Gasteiger partial charge >= 0.3 is 0 Å². The average molecular weight is 268 g/mol. The average Bonchev–Trinajstić information content (AvgIpc) is 2.41. The lowest BCUT2D eigenvalue weighted by Gasteiger charge is -2.20. The monoisotopic (exact) mass is 267 g/mol. The molecule has 94 valence electrons. The predicted octanol–water partition coefficient (Wildman–Crippen LogP) is 2.39. The molecule has 2 aromatic rings. The zero-order valence-corrected chi connectivity index (χ0v) is 10.2. The Labute approximate surface area is 108 Å². The summed E-state index contributed by atoms with van der Waals surface area (Å²) in [5.41, 5.74) is 5.21. The summed E-state index contributed by atoms with van der Waals surface area (Å²) in [6.07, 6.45) is 0.645. The molecular weight excluding hydrogens is 257 g/mol. The van der Waals surface area contributed by atoms with E-state index in [4.69, 9.17) is 22.2 Å². The first-order chi connectivity index (χ1) is 8.72. The zero-order valence-electron chi connectivity index (χ0n) is 9.46. The highest BCUT2D eigenvalue weighted by molar-refractivity contribution is 6.31. The summed E-state index contributed by atoms with van der Waals surface area (Å²) in [5, 5.41) is 0.675. The van der Waals surface area contributed by atoms with Crippen molar-refractivity contribution in [3.63, 3.8) is 0 Å². The first kappa shape index (κ1) is 11.6. The summed E-state index contributed by atoms with van der Waals surface area (Å²) in [6, 6.07) is 3.20. The van der Waals surface area contributed by atoms with Gasteiger partial charge in [-0.3, -0.25) is 5.84 Å². The molecule has 3 N–H and O–H groups in total. The minimum Gasteiger partial charge on any atom is -0.376 e. The van der Waals surface area contributed by atoms with Gasteiger partial charge in [0.05, 0.1) is 29.6 Å². The lowest BCUT2D eigenvalue weighted by Crippen LogP contribution is -2.18. The minimum absolute atomic E-state index is 0.0602. The number of hydrogen-bond acceptors (Lipinski definition) is 4. The van der Waals surface area contributed by atoms with Crippen LogP contribution in [0.3, 0.4) is 0 Å². The number of halogens is 2. The van der Waals surface area contributed by atoms with E-state index in [1.165, 1.54) is 6.07 Å². The van der Waals surface area contributed by atoms with Crippen LogP contribution in [0, 0.1) is 5.82 Å². The van der Waals surface area contributed by atoms with E-state index < -0.39 is 5.82 Å². The number of nitrogen functional groups attached to an aromatic ring is 1. The van der Waals surface area contributed by atoms with E-state index in [2.05, 4.69) is 10.4 Å². The van der Waals surface area contributed by atoms with Gasteiger partial charge in [0, 0.05) is 17.4 Å². The van der Waals surface area contributed by atoms with Gasteiger partial charge in [-0.2, -0.15) is 0 Å². The normalized spacial score (nSPS) is 14.6. The van der Waals surface area contributed by atoms with Crippen molar-refractivity contribution in [2.75, 3.05) is 12.0 Å². The maximum absolute atomic E-state index is 14.0. The Kier molecular flexibility index (Phi) is 2.81. The van der Waals surface area contributed by atoms with Crippen LogP contribution in [-0.2, 0) is 17.8 Å². The third-order valence-corrected chi connectivity index (χ3v) is 3.40. The second-order valence-electron chi connectivity index (χ2n) is 4.12. The number of anilines is 1. The SMILES string of the molecule is NNc1c2c(nc3c(F)c(Cl)ccc13)CCOC2. The molecule has 0 amide bonds. The number of hydrogen-bond donors (Lipinski definition) is 2. The van der Waals surface area contributed by atoms with Crippen LogP contribution < -0.4 is 11.3 Å². The highest BCUT2D eigenvalue weighted by atomic mass is 35.5. The van der Waals surface area contributed by atoms with Gasteiger partial charge in [-0.05, 0) is 12.1 Å². The fourth-order valence-corrected chi connectivity index (χ4v) is 2.38. The lowest BCUT2D eigenvalue weighted by atomic mass is 10.0. The zero-order chi connectivity index (χ0) is 12.7. The van der Waals surface area contributed by atoms with Gasteiger partial charge in [0.25, 0.3) is 0 Å². The molecule has 0 atom stereocenters. The molecule has 0 bridgehead atoms. The van der Waals surface area contributed by atoms with Crippen molar-refractivity contribution in [1.82, 2.24) is 4.98 Å². The number of pyridine rings is 1. The van der Waals surface area contributed by atoms with Gasteiger partial charge < -0.3 is 10.2 Å². The van der Waals surface area contributed by atoms with Crippen molar-refractivity contribution < 1.29 is 9.13 Å². The third kappa shape index (κ3) is 1.63. The van der Waals surface area contributed by atoms with Crippen LogP contribution in [0.4, 0.5) is 10.1 Å². The molecule has 1 aromatic heterocycles. The van der Waals surface area contributed by atoms with Crippen molar-refractivity contribution in [3.8, 4) is 0 Å².